The number of benzene rings is 2. The van der Waals surface area contributed by atoms with Gasteiger partial charge in [0.15, 0.2) is 16.6 Å². The molecule has 2 aromatic carbocycles. The summed E-state index contributed by atoms with van der Waals surface area (Å²) in [5, 5.41) is 6.19. The largest absolute Gasteiger partial charge is 0.497 e. The molecule has 0 saturated heterocycles. The Morgan fingerprint density at radius 1 is 1.04 bits per heavy atom. The van der Waals surface area contributed by atoms with Crippen molar-refractivity contribution in [2.45, 2.75) is 6.42 Å². The van der Waals surface area contributed by atoms with Crippen molar-refractivity contribution in [1.82, 2.24) is 4.98 Å². The lowest BCUT2D eigenvalue weighted by molar-refractivity contribution is 0.297. The molecule has 128 valence electrons. The smallest absolute Gasteiger partial charge is 0.187 e. The highest BCUT2D eigenvalue weighted by Crippen LogP contribution is 2.35. The van der Waals surface area contributed by atoms with E-state index in [4.69, 9.17) is 14.2 Å². The average molecular weight is 354 g/mol. The van der Waals surface area contributed by atoms with Crippen LogP contribution in [0.25, 0.3) is 11.3 Å². The second kappa shape index (κ2) is 7.03. The number of nitrogens with zero attached hydrogens (tertiary/aromatic N) is 1. The number of thiazole rings is 1. The highest BCUT2D eigenvalue weighted by atomic mass is 32.1. The molecule has 1 aromatic heterocycles. The molecule has 0 fully saturated rings. The Labute approximate surface area is 150 Å². The lowest BCUT2D eigenvalue weighted by Gasteiger charge is -2.08. The van der Waals surface area contributed by atoms with Gasteiger partial charge in [-0.15, -0.1) is 11.3 Å². The number of hydrogen-bond acceptors (Lipinski definition) is 6. The Balaban J connectivity index is 1.53. The zero-order valence-corrected chi connectivity index (χ0v) is 14.6. The standard InChI is InChI=1S/C19H18N2O3S/c1-22-15-6-4-14(5-7-15)20-19-21-16(12-25-19)13-3-8-17-18(11-13)24-10-2-9-23-17/h3-8,11-12H,2,9-10H2,1H3,(H,20,21). The number of anilines is 2. The predicted octanol–water partition coefficient (Wildman–Crippen LogP) is 4.72. The van der Waals surface area contributed by atoms with Crippen LogP contribution in [0.3, 0.4) is 0 Å². The van der Waals surface area contributed by atoms with E-state index in [1.165, 1.54) is 0 Å². The average Bonchev–Trinajstić information content (AvgIpc) is 2.98. The molecule has 5 nitrogen and oxygen atoms in total. The molecule has 0 bridgehead atoms. The van der Waals surface area contributed by atoms with Gasteiger partial charge in [-0.05, 0) is 42.5 Å². The second-order valence-corrected chi connectivity index (χ2v) is 6.46. The number of fused-ring (bicyclic) bond motifs is 1. The third kappa shape index (κ3) is 3.53. The van der Waals surface area contributed by atoms with E-state index in [0.29, 0.717) is 13.2 Å². The monoisotopic (exact) mass is 354 g/mol. The fourth-order valence-electron chi connectivity index (χ4n) is 2.58. The lowest BCUT2D eigenvalue weighted by Crippen LogP contribution is -1.97. The minimum Gasteiger partial charge on any atom is -0.497 e. The van der Waals surface area contributed by atoms with Crippen molar-refractivity contribution < 1.29 is 14.2 Å². The first-order valence-corrected chi connectivity index (χ1v) is 8.96. The van der Waals surface area contributed by atoms with Crippen LogP contribution >= 0.6 is 11.3 Å². The zero-order chi connectivity index (χ0) is 17.1. The molecule has 0 aliphatic carbocycles. The highest BCUT2D eigenvalue weighted by molar-refractivity contribution is 7.14. The third-order valence-corrected chi connectivity index (χ3v) is 4.65. The molecule has 25 heavy (non-hydrogen) atoms. The molecule has 0 unspecified atom stereocenters. The second-order valence-electron chi connectivity index (χ2n) is 5.60. The number of methoxy groups -OCH3 is 1. The van der Waals surface area contributed by atoms with E-state index in [0.717, 1.165) is 45.7 Å². The summed E-state index contributed by atoms with van der Waals surface area (Å²) in [6, 6.07) is 13.7. The maximum absolute atomic E-state index is 5.76. The van der Waals surface area contributed by atoms with E-state index in [9.17, 15) is 0 Å². The normalized spacial score (nSPS) is 13.2. The molecule has 0 amide bonds. The SMILES string of the molecule is COc1ccc(Nc2nc(-c3ccc4c(c3)OCCCO4)cs2)cc1. The number of nitrogens with one attached hydrogen (secondary N) is 1. The molecule has 3 aromatic rings. The molecular formula is C19H18N2O3S. The van der Waals surface area contributed by atoms with Crippen LogP contribution in [0.2, 0.25) is 0 Å². The Hall–Kier alpha value is -2.73. The van der Waals surface area contributed by atoms with Gasteiger partial charge >= 0.3 is 0 Å². The molecule has 0 spiro atoms. The third-order valence-electron chi connectivity index (χ3n) is 3.89. The van der Waals surface area contributed by atoms with Crippen molar-refractivity contribution in [2.24, 2.45) is 0 Å². The molecule has 4 rings (SSSR count). The first-order chi connectivity index (χ1) is 12.3. The van der Waals surface area contributed by atoms with Gasteiger partial charge in [0.25, 0.3) is 0 Å². The Morgan fingerprint density at radius 3 is 2.64 bits per heavy atom. The van der Waals surface area contributed by atoms with Crippen molar-refractivity contribution in [1.29, 1.82) is 0 Å². The van der Waals surface area contributed by atoms with Crippen molar-refractivity contribution in [2.75, 3.05) is 25.6 Å². The Morgan fingerprint density at radius 2 is 1.84 bits per heavy atom. The fourth-order valence-corrected chi connectivity index (χ4v) is 3.32. The summed E-state index contributed by atoms with van der Waals surface area (Å²) in [6.07, 6.45) is 0.899. The molecule has 2 heterocycles. The van der Waals surface area contributed by atoms with Crippen LogP contribution in [0, 0.1) is 0 Å². The summed E-state index contributed by atoms with van der Waals surface area (Å²) in [4.78, 5) is 4.67. The Bertz CT molecular complexity index is 861. The number of aromatic nitrogens is 1. The maximum Gasteiger partial charge on any atom is 0.187 e. The molecule has 6 heteroatoms. The summed E-state index contributed by atoms with van der Waals surface area (Å²) >= 11 is 1.57. The topological polar surface area (TPSA) is 52.6 Å². The molecular weight excluding hydrogens is 336 g/mol. The van der Waals surface area contributed by atoms with Gasteiger partial charge in [0, 0.05) is 23.1 Å². The fraction of sp³-hybridized carbons (Fsp3) is 0.211. The van der Waals surface area contributed by atoms with Crippen LogP contribution in [0.4, 0.5) is 10.8 Å². The number of rotatable bonds is 4. The molecule has 1 aliphatic heterocycles. The Kier molecular flexibility index (Phi) is 4.43. The molecule has 1 N–H and O–H groups in total. The summed E-state index contributed by atoms with van der Waals surface area (Å²) in [7, 11) is 1.66. The summed E-state index contributed by atoms with van der Waals surface area (Å²) < 4.78 is 16.6. The first kappa shape index (κ1) is 15.8. The number of hydrogen-bond donors (Lipinski definition) is 1. The molecule has 0 atom stereocenters. The van der Waals surface area contributed by atoms with Gasteiger partial charge in [-0.25, -0.2) is 4.98 Å². The van der Waals surface area contributed by atoms with Crippen LogP contribution in [-0.4, -0.2) is 25.3 Å². The van der Waals surface area contributed by atoms with E-state index in [-0.39, 0.29) is 0 Å². The van der Waals surface area contributed by atoms with Crippen molar-refractivity contribution >= 4 is 22.2 Å². The van der Waals surface area contributed by atoms with E-state index in [1.807, 2.05) is 47.8 Å². The highest BCUT2D eigenvalue weighted by Gasteiger charge is 2.13. The van der Waals surface area contributed by atoms with Crippen LogP contribution in [0.1, 0.15) is 6.42 Å². The maximum atomic E-state index is 5.76. The summed E-state index contributed by atoms with van der Waals surface area (Å²) in [5.41, 5.74) is 2.90. The van der Waals surface area contributed by atoms with E-state index >= 15 is 0 Å². The van der Waals surface area contributed by atoms with Crippen molar-refractivity contribution in [3.05, 3.63) is 47.8 Å². The molecule has 1 aliphatic rings. The molecule has 0 radical (unpaired) electrons. The van der Waals surface area contributed by atoms with Crippen LogP contribution in [0.15, 0.2) is 47.8 Å². The van der Waals surface area contributed by atoms with Gasteiger partial charge in [-0.2, -0.15) is 0 Å². The minimum absolute atomic E-state index is 0.678. The van der Waals surface area contributed by atoms with Gasteiger partial charge in [0.05, 0.1) is 26.0 Å². The van der Waals surface area contributed by atoms with Crippen LogP contribution in [-0.2, 0) is 0 Å². The minimum atomic E-state index is 0.678. The van der Waals surface area contributed by atoms with Gasteiger partial charge < -0.3 is 19.5 Å². The first-order valence-electron chi connectivity index (χ1n) is 8.08. The van der Waals surface area contributed by atoms with Crippen LogP contribution in [0.5, 0.6) is 17.2 Å². The van der Waals surface area contributed by atoms with Crippen molar-refractivity contribution in [3.8, 4) is 28.5 Å². The predicted molar refractivity (Wildman–Crippen MR) is 99.4 cm³/mol. The van der Waals surface area contributed by atoms with Gasteiger partial charge in [0.2, 0.25) is 0 Å². The summed E-state index contributed by atoms with van der Waals surface area (Å²) in [6.45, 7) is 1.37. The van der Waals surface area contributed by atoms with Gasteiger partial charge in [-0.3, -0.25) is 0 Å². The van der Waals surface area contributed by atoms with E-state index < -0.39 is 0 Å². The zero-order valence-electron chi connectivity index (χ0n) is 13.8. The lowest BCUT2D eigenvalue weighted by atomic mass is 10.1. The summed E-state index contributed by atoms with van der Waals surface area (Å²) in [5.74, 6) is 2.42. The van der Waals surface area contributed by atoms with Crippen molar-refractivity contribution in [3.63, 3.8) is 0 Å². The molecule has 0 saturated carbocycles. The quantitative estimate of drug-likeness (QED) is 0.734. The van der Waals surface area contributed by atoms with Crippen LogP contribution < -0.4 is 19.5 Å². The van der Waals surface area contributed by atoms with E-state index in [1.54, 1.807) is 18.4 Å². The van der Waals surface area contributed by atoms with E-state index in [2.05, 4.69) is 10.3 Å². The van der Waals surface area contributed by atoms with Gasteiger partial charge in [-0.1, -0.05) is 0 Å². The van der Waals surface area contributed by atoms with Gasteiger partial charge in [0.1, 0.15) is 5.75 Å². The number of ether oxygens (including phenoxy) is 3.